The summed E-state index contributed by atoms with van der Waals surface area (Å²) in [5.41, 5.74) is 2.95. The Balaban J connectivity index is 1.92. The number of hydrogen-bond donors (Lipinski definition) is 1. The van der Waals surface area contributed by atoms with Gasteiger partial charge in [-0.05, 0) is 54.4 Å². The Hall–Kier alpha value is -2.31. The van der Waals surface area contributed by atoms with E-state index >= 15 is 0 Å². The molecule has 2 heterocycles. The van der Waals surface area contributed by atoms with Crippen molar-refractivity contribution in [2.75, 3.05) is 13.7 Å². The minimum atomic E-state index is -3.64. The summed E-state index contributed by atoms with van der Waals surface area (Å²) in [4.78, 5) is 0.257. The molecule has 3 aromatic rings. The second kappa shape index (κ2) is 5.65. The van der Waals surface area contributed by atoms with E-state index in [1.54, 1.807) is 37.6 Å². The molecule has 6 heteroatoms. The van der Waals surface area contributed by atoms with Crippen molar-refractivity contribution in [1.29, 1.82) is 0 Å². The standard InChI is InChI=1S/C18H18N2O3S/c1-23-15-5-7-16(8-6-15)24(21,22)20-12-14-9-10-19-11-13-3-2-4-17(20)18(13)14/h2-8,12,19H,9-11H2,1H3. The van der Waals surface area contributed by atoms with Crippen molar-refractivity contribution in [1.82, 2.24) is 9.29 Å². The largest absolute Gasteiger partial charge is 0.497 e. The number of methoxy groups -OCH3 is 1. The third-order valence-electron chi connectivity index (χ3n) is 4.46. The zero-order valence-electron chi connectivity index (χ0n) is 13.3. The molecular formula is C18H18N2O3S. The molecule has 1 N–H and O–H groups in total. The molecule has 0 fully saturated rings. The molecular weight excluding hydrogens is 324 g/mol. The Labute approximate surface area is 140 Å². The predicted molar refractivity (Wildman–Crippen MR) is 92.9 cm³/mol. The van der Waals surface area contributed by atoms with Crippen LogP contribution in [0.2, 0.25) is 0 Å². The van der Waals surface area contributed by atoms with E-state index in [9.17, 15) is 8.42 Å². The molecule has 0 saturated carbocycles. The zero-order valence-corrected chi connectivity index (χ0v) is 14.1. The Bertz CT molecular complexity index is 1000. The van der Waals surface area contributed by atoms with Gasteiger partial charge in [0.05, 0.1) is 17.5 Å². The lowest BCUT2D eigenvalue weighted by molar-refractivity contribution is 0.414. The molecule has 1 aromatic heterocycles. The van der Waals surface area contributed by atoms with Gasteiger partial charge >= 0.3 is 0 Å². The highest BCUT2D eigenvalue weighted by atomic mass is 32.2. The average Bonchev–Trinajstić information content (AvgIpc) is 2.86. The van der Waals surface area contributed by atoms with Crippen molar-refractivity contribution < 1.29 is 13.2 Å². The molecule has 5 nitrogen and oxygen atoms in total. The van der Waals surface area contributed by atoms with E-state index in [2.05, 4.69) is 11.4 Å². The van der Waals surface area contributed by atoms with E-state index in [-0.39, 0.29) is 4.90 Å². The van der Waals surface area contributed by atoms with Crippen molar-refractivity contribution in [3.05, 3.63) is 59.8 Å². The first-order chi connectivity index (χ1) is 11.6. The van der Waals surface area contributed by atoms with Crippen LogP contribution in [-0.2, 0) is 23.0 Å². The van der Waals surface area contributed by atoms with Crippen molar-refractivity contribution in [3.63, 3.8) is 0 Å². The Morgan fingerprint density at radius 2 is 1.88 bits per heavy atom. The van der Waals surface area contributed by atoms with E-state index in [1.807, 2.05) is 12.1 Å². The Kier molecular flexibility index (Phi) is 3.58. The van der Waals surface area contributed by atoms with Gasteiger partial charge in [-0.2, -0.15) is 0 Å². The van der Waals surface area contributed by atoms with Gasteiger partial charge in [0.1, 0.15) is 5.75 Å². The van der Waals surface area contributed by atoms with Gasteiger partial charge in [0.2, 0.25) is 0 Å². The third kappa shape index (κ3) is 2.30. The van der Waals surface area contributed by atoms with Crippen molar-refractivity contribution in [2.24, 2.45) is 0 Å². The Morgan fingerprint density at radius 3 is 2.62 bits per heavy atom. The SMILES string of the molecule is COc1ccc(S(=O)(=O)n2cc3c4c(cccc42)CNCC3)cc1. The van der Waals surface area contributed by atoms with Crippen molar-refractivity contribution in [3.8, 4) is 5.75 Å². The molecule has 1 aliphatic rings. The van der Waals surface area contributed by atoms with Crippen LogP contribution >= 0.6 is 0 Å². The summed E-state index contributed by atoms with van der Waals surface area (Å²) in [6, 6.07) is 12.3. The molecule has 0 amide bonds. The maximum absolute atomic E-state index is 13.1. The van der Waals surface area contributed by atoms with E-state index < -0.39 is 10.0 Å². The summed E-state index contributed by atoms with van der Waals surface area (Å²) in [5, 5.41) is 4.43. The van der Waals surface area contributed by atoms with E-state index in [1.165, 1.54) is 3.97 Å². The molecule has 0 bridgehead atoms. The van der Waals surface area contributed by atoms with Crippen molar-refractivity contribution in [2.45, 2.75) is 17.9 Å². The first-order valence-corrected chi connectivity index (χ1v) is 9.27. The normalized spacial score (nSPS) is 14.5. The monoisotopic (exact) mass is 342 g/mol. The Morgan fingerprint density at radius 1 is 1.08 bits per heavy atom. The summed E-state index contributed by atoms with van der Waals surface area (Å²) >= 11 is 0. The maximum atomic E-state index is 13.1. The fourth-order valence-corrected chi connectivity index (χ4v) is 4.64. The van der Waals surface area contributed by atoms with Gasteiger partial charge in [0.15, 0.2) is 0 Å². The van der Waals surface area contributed by atoms with Gasteiger partial charge < -0.3 is 10.1 Å². The second-order valence-corrected chi connectivity index (χ2v) is 7.68. The molecule has 1 aliphatic heterocycles. The molecule has 4 rings (SSSR count). The molecule has 0 spiro atoms. The summed E-state index contributed by atoms with van der Waals surface area (Å²) in [7, 11) is -2.08. The van der Waals surface area contributed by atoms with Crippen molar-refractivity contribution >= 4 is 20.9 Å². The van der Waals surface area contributed by atoms with Crippen LogP contribution in [0, 0.1) is 0 Å². The summed E-state index contributed by atoms with van der Waals surface area (Å²) in [6.07, 6.45) is 2.58. The molecule has 24 heavy (non-hydrogen) atoms. The number of hydrogen-bond acceptors (Lipinski definition) is 4. The minimum Gasteiger partial charge on any atom is -0.497 e. The topological polar surface area (TPSA) is 60.3 Å². The molecule has 0 saturated heterocycles. The van der Waals surface area contributed by atoms with E-state index in [0.717, 1.165) is 41.5 Å². The number of ether oxygens (including phenoxy) is 1. The predicted octanol–water partition coefficient (Wildman–Crippen LogP) is 2.53. The lowest BCUT2D eigenvalue weighted by Gasteiger charge is -2.09. The van der Waals surface area contributed by atoms with Gasteiger partial charge in [0, 0.05) is 18.1 Å². The van der Waals surface area contributed by atoms with Gasteiger partial charge in [-0.15, -0.1) is 0 Å². The van der Waals surface area contributed by atoms with Crippen LogP contribution in [0.1, 0.15) is 11.1 Å². The minimum absolute atomic E-state index is 0.257. The van der Waals surface area contributed by atoms with Gasteiger partial charge in [-0.25, -0.2) is 12.4 Å². The second-order valence-electron chi connectivity index (χ2n) is 5.87. The van der Waals surface area contributed by atoms with Crippen LogP contribution < -0.4 is 10.1 Å². The van der Waals surface area contributed by atoms with Crippen LogP contribution in [0.3, 0.4) is 0 Å². The number of rotatable bonds is 3. The third-order valence-corrected chi connectivity index (χ3v) is 6.15. The molecule has 0 radical (unpaired) electrons. The number of nitrogens with zero attached hydrogens (tertiary/aromatic N) is 1. The van der Waals surface area contributed by atoms with Gasteiger partial charge in [-0.1, -0.05) is 12.1 Å². The smallest absolute Gasteiger partial charge is 0.268 e. The maximum Gasteiger partial charge on any atom is 0.268 e. The van der Waals surface area contributed by atoms with E-state index in [0.29, 0.717) is 5.75 Å². The van der Waals surface area contributed by atoms with Crippen LogP contribution in [0.25, 0.3) is 10.9 Å². The van der Waals surface area contributed by atoms with Crippen LogP contribution in [0.15, 0.2) is 53.6 Å². The fourth-order valence-electron chi connectivity index (χ4n) is 3.26. The lowest BCUT2D eigenvalue weighted by Crippen LogP contribution is -2.15. The fraction of sp³-hybridized carbons (Fsp3) is 0.222. The molecule has 124 valence electrons. The summed E-state index contributed by atoms with van der Waals surface area (Å²) in [5.74, 6) is 0.634. The average molecular weight is 342 g/mol. The summed E-state index contributed by atoms with van der Waals surface area (Å²) < 4.78 is 32.7. The van der Waals surface area contributed by atoms with Gasteiger partial charge in [-0.3, -0.25) is 0 Å². The molecule has 0 aliphatic carbocycles. The highest BCUT2D eigenvalue weighted by molar-refractivity contribution is 7.90. The highest BCUT2D eigenvalue weighted by Gasteiger charge is 2.23. The lowest BCUT2D eigenvalue weighted by atomic mass is 10.1. The first-order valence-electron chi connectivity index (χ1n) is 7.83. The molecule has 0 atom stereocenters. The number of nitrogens with one attached hydrogen (secondary N) is 1. The molecule has 2 aromatic carbocycles. The number of benzene rings is 2. The quantitative estimate of drug-likeness (QED) is 0.795. The highest BCUT2D eigenvalue weighted by Crippen LogP contribution is 2.30. The zero-order chi connectivity index (χ0) is 16.7. The first kappa shape index (κ1) is 15.2. The van der Waals surface area contributed by atoms with Gasteiger partial charge in [0.25, 0.3) is 10.0 Å². The molecule has 0 unspecified atom stereocenters. The summed E-state index contributed by atoms with van der Waals surface area (Å²) in [6.45, 7) is 1.60. The van der Waals surface area contributed by atoms with E-state index in [4.69, 9.17) is 4.74 Å². The van der Waals surface area contributed by atoms with Crippen LogP contribution in [0.4, 0.5) is 0 Å². The van der Waals surface area contributed by atoms with Crippen LogP contribution in [0.5, 0.6) is 5.75 Å². The number of aromatic nitrogens is 1. The van der Waals surface area contributed by atoms with Crippen LogP contribution in [-0.4, -0.2) is 26.0 Å².